The molecule has 0 N–H and O–H groups in total. The van der Waals surface area contributed by atoms with Gasteiger partial charge in [-0.3, -0.25) is 9.48 Å². The van der Waals surface area contributed by atoms with Crippen LogP contribution < -0.4 is 0 Å². The average molecular weight is 350 g/mol. The van der Waals surface area contributed by atoms with E-state index in [-0.39, 0.29) is 11.8 Å². The number of nitrogens with zero attached hydrogens (tertiary/aromatic N) is 5. The lowest BCUT2D eigenvalue weighted by molar-refractivity contribution is 0.0788. The summed E-state index contributed by atoms with van der Waals surface area (Å²) in [5, 5.41) is 8.79. The van der Waals surface area contributed by atoms with Crippen molar-refractivity contribution in [3.63, 3.8) is 0 Å². The molecule has 7 nitrogen and oxygen atoms in total. The Bertz CT molecular complexity index is 780. The first-order valence-electron chi connectivity index (χ1n) is 8.42. The van der Waals surface area contributed by atoms with Crippen LogP contribution in [0.3, 0.4) is 0 Å². The van der Waals surface area contributed by atoms with Crippen molar-refractivity contribution in [1.29, 1.82) is 0 Å². The molecule has 3 heterocycles. The highest BCUT2D eigenvalue weighted by Crippen LogP contribution is 2.39. The van der Waals surface area contributed by atoms with Gasteiger partial charge in [-0.15, -0.1) is 0 Å². The molecule has 0 bridgehead atoms. The normalized spacial score (nSPS) is 20.8. The zero-order valence-electron chi connectivity index (χ0n) is 13.8. The van der Waals surface area contributed by atoms with E-state index >= 15 is 0 Å². The molecule has 24 heavy (non-hydrogen) atoms. The molecule has 128 valence electrons. The topological polar surface area (TPSA) is 77.1 Å². The number of aryl methyl sites for hydroxylation is 2. The van der Waals surface area contributed by atoms with Crippen LogP contribution in [-0.4, -0.2) is 43.8 Å². The summed E-state index contributed by atoms with van der Waals surface area (Å²) in [5.41, 5.74) is 1.26. The molecule has 1 atom stereocenters. The molecular weight excluding hydrogens is 330 g/mol. The number of amides is 1. The first kappa shape index (κ1) is 15.6. The van der Waals surface area contributed by atoms with Crippen LogP contribution >= 0.6 is 11.6 Å². The third-order valence-corrected chi connectivity index (χ3v) is 5.26. The Morgan fingerprint density at radius 3 is 2.83 bits per heavy atom. The zero-order valence-corrected chi connectivity index (χ0v) is 14.6. The second kappa shape index (κ2) is 5.88. The number of carbonyl (C=O) groups excluding carboxylic acids is 1. The Morgan fingerprint density at radius 2 is 2.12 bits per heavy atom. The number of hydrogen-bond acceptors (Lipinski definition) is 5. The van der Waals surface area contributed by atoms with E-state index in [0.29, 0.717) is 42.0 Å². The van der Waals surface area contributed by atoms with Gasteiger partial charge in [-0.2, -0.15) is 10.1 Å². The lowest BCUT2D eigenvalue weighted by Crippen LogP contribution is -2.29. The minimum Gasteiger partial charge on any atom is -0.339 e. The highest BCUT2D eigenvalue weighted by molar-refractivity contribution is 6.33. The smallest absolute Gasteiger partial charge is 0.258 e. The molecule has 2 aromatic heterocycles. The molecule has 4 rings (SSSR count). The summed E-state index contributed by atoms with van der Waals surface area (Å²) in [6.45, 7) is 3.22. The lowest BCUT2D eigenvalue weighted by Gasteiger charge is -2.16. The molecule has 2 aliphatic rings. The van der Waals surface area contributed by atoms with Gasteiger partial charge in [-0.25, -0.2) is 0 Å². The van der Waals surface area contributed by atoms with E-state index in [1.807, 2.05) is 11.8 Å². The molecule has 1 amide bonds. The summed E-state index contributed by atoms with van der Waals surface area (Å²) in [6.07, 6.45) is 3.80. The molecule has 0 radical (unpaired) electrons. The van der Waals surface area contributed by atoms with Crippen molar-refractivity contribution in [1.82, 2.24) is 24.8 Å². The minimum absolute atomic E-state index is 0.0608. The lowest BCUT2D eigenvalue weighted by atomic mass is 10.1. The number of aromatic nitrogens is 4. The summed E-state index contributed by atoms with van der Waals surface area (Å²) in [7, 11) is 1.75. The second-order valence-corrected chi connectivity index (χ2v) is 6.95. The van der Waals surface area contributed by atoms with Crippen LogP contribution in [0.5, 0.6) is 0 Å². The Labute approximate surface area is 145 Å². The molecule has 1 saturated heterocycles. The van der Waals surface area contributed by atoms with Crippen molar-refractivity contribution in [3.8, 4) is 0 Å². The minimum atomic E-state index is -0.0608. The maximum Gasteiger partial charge on any atom is 0.258 e. The molecular formula is C16H20ClN5O2. The van der Waals surface area contributed by atoms with Crippen LogP contribution in [0.4, 0.5) is 0 Å². The van der Waals surface area contributed by atoms with Crippen LogP contribution in [0, 0.1) is 0 Å². The summed E-state index contributed by atoms with van der Waals surface area (Å²) >= 11 is 6.28. The van der Waals surface area contributed by atoms with Crippen molar-refractivity contribution in [2.24, 2.45) is 7.05 Å². The van der Waals surface area contributed by atoms with Crippen molar-refractivity contribution < 1.29 is 9.32 Å². The van der Waals surface area contributed by atoms with Gasteiger partial charge in [-0.1, -0.05) is 23.7 Å². The fraction of sp³-hybridized carbons (Fsp3) is 0.625. The molecule has 2 fully saturated rings. The molecule has 1 saturated carbocycles. The average Bonchev–Trinajstić information content (AvgIpc) is 3.00. The SMILES string of the molecule is CCc1nn(C)c(Cl)c1C(=O)N1CCC(c2nc(C3CC3)no2)C1. The van der Waals surface area contributed by atoms with Crippen LogP contribution in [0.1, 0.15) is 65.8 Å². The van der Waals surface area contributed by atoms with E-state index in [4.69, 9.17) is 16.1 Å². The van der Waals surface area contributed by atoms with Gasteiger partial charge >= 0.3 is 0 Å². The van der Waals surface area contributed by atoms with E-state index in [1.54, 1.807) is 11.7 Å². The van der Waals surface area contributed by atoms with Crippen LogP contribution in [-0.2, 0) is 13.5 Å². The third kappa shape index (κ3) is 2.60. The Kier molecular flexibility index (Phi) is 3.83. The standard InChI is InChI=1S/C16H20ClN5O2/c1-3-11-12(13(17)21(2)19-11)16(23)22-7-6-10(8-22)15-18-14(20-24-15)9-4-5-9/h9-10H,3-8H2,1-2H3. The highest BCUT2D eigenvalue weighted by atomic mass is 35.5. The van der Waals surface area contributed by atoms with E-state index in [1.165, 1.54) is 0 Å². The third-order valence-electron chi connectivity index (χ3n) is 4.82. The van der Waals surface area contributed by atoms with E-state index < -0.39 is 0 Å². The van der Waals surface area contributed by atoms with Gasteiger partial charge in [0, 0.05) is 26.1 Å². The van der Waals surface area contributed by atoms with Crippen molar-refractivity contribution in [2.45, 2.75) is 44.4 Å². The zero-order chi connectivity index (χ0) is 16.8. The van der Waals surface area contributed by atoms with E-state index in [9.17, 15) is 4.79 Å². The first-order valence-corrected chi connectivity index (χ1v) is 8.80. The molecule has 2 aromatic rings. The first-order chi connectivity index (χ1) is 11.6. The molecule has 0 aromatic carbocycles. The molecule has 1 unspecified atom stereocenters. The summed E-state index contributed by atoms with van der Waals surface area (Å²) < 4.78 is 6.97. The maximum absolute atomic E-state index is 12.9. The van der Waals surface area contributed by atoms with Crippen molar-refractivity contribution in [2.75, 3.05) is 13.1 Å². The van der Waals surface area contributed by atoms with Crippen molar-refractivity contribution in [3.05, 3.63) is 28.1 Å². The second-order valence-electron chi connectivity index (χ2n) is 6.59. The number of hydrogen-bond donors (Lipinski definition) is 0. The Hall–Kier alpha value is -1.89. The predicted octanol–water partition coefficient (Wildman–Crippen LogP) is 2.53. The van der Waals surface area contributed by atoms with E-state index in [0.717, 1.165) is 30.8 Å². The van der Waals surface area contributed by atoms with Crippen LogP contribution in [0.15, 0.2) is 4.52 Å². The van der Waals surface area contributed by atoms with Gasteiger partial charge in [0.25, 0.3) is 5.91 Å². The fourth-order valence-electron chi connectivity index (χ4n) is 3.24. The van der Waals surface area contributed by atoms with Crippen molar-refractivity contribution >= 4 is 17.5 Å². The fourth-order valence-corrected chi connectivity index (χ4v) is 3.47. The van der Waals surface area contributed by atoms with Gasteiger partial charge in [0.05, 0.1) is 17.2 Å². The van der Waals surface area contributed by atoms with Crippen LogP contribution in [0.2, 0.25) is 5.15 Å². The molecule has 1 aliphatic carbocycles. The van der Waals surface area contributed by atoms with E-state index in [2.05, 4.69) is 15.2 Å². The van der Waals surface area contributed by atoms with Gasteiger partial charge in [0.2, 0.25) is 5.89 Å². The Morgan fingerprint density at radius 1 is 1.33 bits per heavy atom. The Balaban J connectivity index is 1.50. The largest absolute Gasteiger partial charge is 0.339 e. The monoisotopic (exact) mass is 349 g/mol. The molecule has 8 heteroatoms. The van der Waals surface area contributed by atoms with Gasteiger partial charge in [0.15, 0.2) is 5.82 Å². The van der Waals surface area contributed by atoms with Crippen LogP contribution in [0.25, 0.3) is 0 Å². The predicted molar refractivity (Wildman–Crippen MR) is 87.1 cm³/mol. The number of halogens is 1. The van der Waals surface area contributed by atoms with Gasteiger partial charge < -0.3 is 9.42 Å². The number of rotatable bonds is 4. The maximum atomic E-state index is 12.9. The molecule has 0 spiro atoms. The summed E-state index contributed by atoms with van der Waals surface area (Å²) in [6, 6.07) is 0. The summed E-state index contributed by atoms with van der Waals surface area (Å²) in [4.78, 5) is 19.2. The quantitative estimate of drug-likeness (QED) is 0.847. The summed E-state index contributed by atoms with van der Waals surface area (Å²) in [5.74, 6) is 1.99. The van der Waals surface area contributed by atoms with Gasteiger partial charge in [0.1, 0.15) is 5.15 Å². The highest BCUT2D eigenvalue weighted by Gasteiger charge is 2.35. The molecule has 1 aliphatic heterocycles. The number of likely N-dealkylation sites (tertiary alicyclic amines) is 1. The number of carbonyl (C=O) groups is 1. The van der Waals surface area contributed by atoms with Gasteiger partial charge in [-0.05, 0) is 25.7 Å².